The molecule has 1 aromatic rings. The number of phenolic OH excluding ortho intramolecular Hbond substituents is 2. The number of aromatic hydroxyl groups is 2. The van der Waals surface area contributed by atoms with Gasteiger partial charge in [0.25, 0.3) is 0 Å². The summed E-state index contributed by atoms with van der Waals surface area (Å²) in [5.74, 6) is 0.250. The molecule has 0 radical (unpaired) electrons. The van der Waals surface area contributed by atoms with Crippen LogP contribution in [0.5, 0.6) is 11.5 Å². The fourth-order valence-electron chi connectivity index (χ4n) is 2.64. The van der Waals surface area contributed by atoms with Gasteiger partial charge in [0.1, 0.15) is 11.5 Å². The van der Waals surface area contributed by atoms with Crippen molar-refractivity contribution in [2.45, 2.75) is 31.8 Å². The number of nitrogens with zero attached hydrogens (tertiary/aromatic N) is 1. The van der Waals surface area contributed by atoms with Gasteiger partial charge in [-0.25, -0.2) is 0 Å². The Labute approximate surface area is 108 Å². The lowest BCUT2D eigenvalue weighted by atomic mass is 10.0. The fraction of sp³-hybridized carbons (Fsp3) is 0.571. The van der Waals surface area contributed by atoms with Crippen LogP contribution in [0, 0.1) is 0 Å². The third kappa shape index (κ3) is 3.15. The minimum Gasteiger partial charge on any atom is -0.508 e. The van der Waals surface area contributed by atoms with E-state index < -0.39 is 0 Å². The number of likely N-dealkylation sites (N-methyl/N-ethyl adjacent to an activating group) is 1. The van der Waals surface area contributed by atoms with E-state index in [0.29, 0.717) is 6.04 Å². The summed E-state index contributed by atoms with van der Waals surface area (Å²) in [7, 11) is 2.14. The lowest BCUT2D eigenvalue weighted by molar-refractivity contribution is 0.218. The van der Waals surface area contributed by atoms with Gasteiger partial charge in [-0.05, 0) is 39.4 Å². The van der Waals surface area contributed by atoms with Crippen molar-refractivity contribution in [3.63, 3.8) is 0 Å². The van der Waals surface area contributed by atoms with Gasteiger partial charge in [-0.3, -0.25) is 0 Å². The molecular weight excluding hydrogens is 228 g/mol. The minimum absolute atomic E-state index is 0.0853. The van der Waals surface area contributed by atoms with Gasteiger partial charge in [0.05, 0.1) is 0 Å². The van der Waals surface area contributed by atoms with E-state index in [2.05, 4.69) is 17.3 Å². The molecule has 0 bridgehead atoms. The first-order chi connectivity index (χ1) is 8.56. The van der Waals surface area contributed by atoms with E-state index in [0.717, 1.165) is 18.7 Å². The van der Waals surface area contributed by atoms with Crippen molar-refractivity contribution in [1.29, 1.82) is 0 Å². The molecule has 1 fully saturated rings. The molecule has 1 saturated heterocycles. The van der Waals surface area contributed by atoms with E-state index in [1.165, 1.54) is 18.9 Å². The molecule has 0 spiro atoms. The molecule has 0 saturated carbocycles. The number of benzene rings is 1. The van der Waals surface area contributed by atoms with Crippen LogP contribution in [0.3, 0.4) is 0 Å². The van der Waals surface area contributed by atoms with Crippen LogP contribution in [-0.4, -0.2) is 41.3 Å². The molecule has 2 unspecified atom stereocenters. The summed E-state index contributed by atoms with van der Waals surface area (Å²) in [6, 6.07) is 5.32. The van der Waals surface area contributed by atoms with Crippen molar-refractivity contribution in [3.8, 4) is 11.5 Å². The average Bonchev–Trinajstić information content (AvgIpc) is 2.28. The average molecular weight is 250 g/mol. The van der Waals surface area contributed by atoms with Crippen molar-refractivity contribution < 1.29 is 10.2 Å². The Morgan fingerprint density at radius 1 is 1.39 bits per heavy atom. The van der Waals surface area contributed by atoms with E-state index in [4.69, 9.17) is 0 Å². The number of hydrogen-bond donors (Lipinski definition) is 3. The molecule has 3 N–H and O–H groups in total. The summed E-state index contributed by atoms with van der Waals surface area (Å²) >= 11 is 0. The topological polar surface area (TPSA) is 55.7 Å². The standard InChI is InChI=1S/C14H22N2O2/c1-10(13-6-5-12(17)8-14(13)18)15-11-4-3-7-16(2)9-11/h5-6,8,10-11,15,17-18H,3-4,7,9H2,1-2H3. The highest BCUT2D eigenvalue weighted by atomic mass is 16.3. The number of phenols is 2. The molecule has 1 aliphatic heterocycles. The predicted octanol–water partition coefficient (Wildman–Crippen LogP) is 1.84. The first kappa shape index (κ1) is 13.2. The Hall–Kier alpha value is -1.26. The van der Waals surface area contributed by atoms with Crippen LogP contribution in [0.25, 0.3) is 0 Å². The maximum absolute atomic E-state index is 9.83. The summed E-state index contributed by atoms with van der Waals surface area (Å²) in [6.07, 6.45) is 2.38. The maximum Gasteiger partial charge on any atom is 0.124 e. The summed E-state index contributed by atoms with van der Waals surface area (Å²) in [5, 5.41) is 22.7. The van der Waals surface area contributed by atoms with Crippen molar-refractivity contribution in [1.82, 2.24) is 10.2 Å². The van der Waals surface area contributed by atoms with Crippen LogP contribution < -0.4 is 5.32 Å². The molecule has 100 valence electrons. The zero-order valence-corrected chi connectivity index (χ0v) is 11.1. The number of piperidine rings is 1. The van der Waals surface area contributed by atoms with Crippen LogP contribution in [0.1, 0.15) is 31.4 Å². The number of rotatable bonds is 3. The first-order valence-corrected chi connectivity index (χ1v) is 6.52. The monoisotopic (exact) mass is 250 g/mol. The third-order valence-corrected chi connectivity index (χ3v) is 3.59. The van der Waals surface area contributed by atoms with Crippen LogP contribution >= 0.6 is 0 Å². The lowest BCUT2D eigenvalue weighted by Crippen LogP contribution is -2.44. The first-order valence-electron chi connectivity index (χ1n) is 6.52. The zero-order valence-electron chi connectivity index (χ0n) is 11.1. The summed E-state index contributed by atoms with van der Waals surface area (Å²) < 4.78 is 0. The summed E-state index contributed by atoms with van der Waals surface area (Å²) in [5.41, 5.74) is 0.834. The SMILES string of the molecule is CC(NC1CCCN(C)C1)c1ccc(O)cc1O. The molecule has 1 aromatic carbocycles. The second-order valence-corrected chi connectivity index (χ2v) is 5.23. The van der Waals surface area contributed by atoms with Gasteiger partial charge in [0, 0.05) is 30.3 Å². The summed E-state index contributed by atoms with van der Waals surface area (Å²) in [4.78, 5) is 2.32. The van der Waals surface area contributed by atoms with E-state index in [9.17, 15) is 10.2 Å². The van der Waals surface area contributed by atoms with Gasteiger partial charge < -0.3 is 20.4 Å². The van der Waals surface area contributed by atoms with Crippen LogP contribution in [0.15, 0.2) is 18.2 Å². The minimum atomic E-state index is 0.0853. The molecular formula is C14H22N2O2. The number of hydrogen-bond acceptors (Lipinski definition) is 4. The molecule has 0 aromatic heterocycles. The van der Waals surface area contributed by atoms with E-state index in [1.54, 1.807) is 12.1 Å². The Morgan fingerprint density at radius 3 is 2.83 bits per heavy atom. The van der Waals surface area contributed by atoms with Crippen molar-refractivity contribution in [2.75, 3.05) is 20.1 Å². The van der Waals surface area contributed by atoms with Crippen LogP contribution in [0.4, 0.5) is 0 Å². The number of likely N-dealkylation sites (tertiary alicyclic amines) is 1. The number of nitrogens with one attached hydrogen (secondary N) is 1. The normalized spacial score (nSPS) is 22.9. The molecule has 4 nitrogen and oxygen atoms in total. The predicted molar refractivity (Wildman–Crippen MR) is 71.8 cm³/mol. The Bertz CT molecular complexity index is 409. The zero-order chi connectivity index (χ0) is 13.1. The van der Waals surface area contributed by atoms with Crippen molar-refractivity contribution >= 4 is 0 Å². The maximum atomic E-state index is 9.83. The van der Waals surface area contributed by atoms with Crippen LogP contribution in [0.2, 0.25) is 0 Å². The smallest absolute Gasteiger partial charge is 0.124 e. The Kier molecular flexibility index (Phi) is 4.09. The Morgan fingerprint density at radius 2 is 2.17 bits per heavy atom. The van der Waals surface area contributed by atoms with Gasteiger partial charge >= 0.3 is 0 Å². The van der Waals surface area contributed by atoms with E-state index >= 15 is 0 Å². The second-order valence-electron chi connectivity index (χ2n) is 5.23. The molecule has 2 atom stereocenters. The quantitative estimate of drug-likeness (QED) is 0.766. The second kappa shape index (κ2) is 5.59. The molecule has 0 amide bonds. The largest absolute Gasteiger partial charge is 0.508 e. The fourth-order valence-corrected chi connectivity index (χ4v) is 2.64. The van der Waals surface area contributed by atoms with Gasteiger partial charge in [0.2, 0.25) is 0 Å². The molecule has 2 rings (SSSR count). The van der Waals surface area contributed by atoms with Gasteiger partial charge in [-0.15, -0.1) is 0 Å². The molecule has 1 heterocycles. The van der Waals surface area contributed by atoms with Gasteiger partial charge in [-0.2, -0.15) is 0 Å². The third-order valence-electron chi connectivity index (χ3n) is 3.59. The molecule has 4 heteroatoms. The van der Waals surface area contributed by atoms with Gasteiger partial charge in [-0.1, -0.05) is 6.07 Å². The summed E-state index contributed by atoms with van der Waals surface area (Å²) in [6.45, 7) is 4.25. The molecule has 18 heavy (non-hydrogen) atoms. The lowest BCUT2D eigenvalue weighted by Gasteiger charge is -2.32. The van der Waals surface area contributed by atoms with E-state index in [-0.39, 0.29) is 17.5 Å². The highest BCUT2D eigenvalue weighted by Crippen LogP contribution is 2.28. The van der Waals surface area contributed by atoms with Crippen LogP contribution in [-0.2, 0) is 0 Å². The highest BCUT2D eigenvalue weighted by Gasteiger charge is 2.20. The Balaban J connectivity index is 2.00. The van der Waals surface area contributed by atoms with Crippen molar-refractivity contribution in [2.24, 2.45) is 0 Å². The van der Waals surface area contributed by atoms with Crippen molar-refractivity contribution in [3.05, 3.63) is 23.8 Å². The molecule has 1 aliphatic rings. The van der Waals surface area contributed by atoms with Gasteiger partial charge in [0.15, 0.2) is 0 Å². The highest BCUT2D eigenvalue weighted by molar-refractivity contribution is 5.40. The molecule has 0 aliphatic carbocycles. The van der Waals surface area contributed by atoms with E-state index in [1.807, 2.05) is 6.92 Å².